The van der Waals surface area contributed by atoms with Crippen LogP contribution in [0.5, 0.6) is 5.75 Å². The highest BCUT2D eigenvalue weighted by Crippen LogP contribution is 2.35. The zero-order chi connectivity index (χ0) is 29.6. The Labute approximate surface area is 243 Å². The van der Waals surface area contributed by atoms with Crippen LogP contribution >= 0.6 is 11.6 Å². The summed E-state index contributed by atoms with van der Waals surface area (Å²) < 4.78 is 39.1. The number of carbonyl (C=O) groups excluding carboxylic acids is 1. The van der Waals surface area contributed by atoms with Gasteiger partial charge in [-0.1, -0.05) is 11.6 Å². The number of hydrogen-bond acceptors (Lipinski definition) is 9. The van der Waals surface area contributed by atoms with Crippen LogP contribution in [0.2, 0.25) is 5.02 Å². The van der Waals surface area contributed by atoms with E-state index in [2.05, 4.69) is 25.5 Å². The van der Waals surface area contributed by atoms with E-state index >= 15 is 0 Å². The van der Waals surface area contributed by atoms with Crippen molar-refractivity contribution in [2.75, 3.05) is 50.1 Å². The molecular weight excluding hydrogens is 574 g/mol. The minimum atomic E-state index is -0.907. The number of amides is 1. The summed E-state index contributed by atoms with van der Waals surface area (Å²) in [6.45, 7) is 4.09. The van der Waals surface area contributed by atoms with Crippen LogP contribution in [0, 0.1) is 21.7 Å². The number of aromatic nitrogens is 2. The number of nitrogens with zero attached hydrogens (tertiary/aromatic N) is 4. The summed E-state index contributed by atoms with van der Waals surface area (Å²) in [4.78, 5) is 34.8. The molecule has 1 aromatic heterocycles. The number of nitrogens with one attached hydrogen (secondary N) is 2. The van der Waals surface area contributed by atoms with E-state index in [1.54, 1.807) is 12.1 Å². The fourth-order valence-corrected chi connectivity index (χ4v) is 4.63. The van der Waals surface area contributed by atoms with Crippen molar-refractivity contribution < 1.29 is 28.0 Å². The lowest BCUT2D eigenvalue weighted by atomic mass is 10.1. The Morgan fingerprint density at radius 1 is 1.12 bits per heavy atom. The van der Waals surface area contributed by atoms with Crippen molar-refractivity contribution in [2.45, 2.75) is 6.42 Å². The van der Waals surface area contributed by atoms with Crippen molar-refractivity contribution in [1.82, 2.24) is 14.9 Å². The van der Waals surface area contributed by atoms with Gasteiger partial charge in [-0.3, -0.25) is 19.8 Å². The van der Waals surface area contributed by atoms with Crippen LogP contribution in [0.25, 0.3) is 10.9 Å². The van der Waals surface area contributed by atoms with Gasteiger partial charge in [0.05, 0.1) is 41.0 Å². The third-order valence-electron chi connectivity index (χ3n) is 6.55. The molecule has 0 aliphatic carbocycles. The Bertz CT molecular complexity index is 1640. The van der Waals surface area contributed by atoms with Gasteiger partial charge < -0.3 is 20.1 Å². The van der Waals surface area contributed by atoms with Crippen LogP contribution in [0.15, 0.2) is 54.9 Å². The molecule has 1 fully saturated rings. The molecule has 0 unspecified atom stereocenters. The topological polar surface area (TPSA) is 132 Å². The van der Waals surface area contributed by atoms with Gasteiger partial charge in [0.1, 0.15) is 35.1 Å². The molecule has 4 aromatic rings. The Morgan fingerprint density at radius 3 is 2.69 bits per heavy atom. The van der Waals surface area contributed by atoms with Gasteiger partial charge in [0.25, 0.3) is 11.6 Å². The number of nitro benzene ring substituents is 1. The lowest BCUT2D eigenvalue weighted by Crippen LogP contribution is -2.37. The lowest BCUT2D eigenvalue weighted by molar-refractivity contribution is -0.385. The van der Waals surface area contributed by atoms with Gasteiger partial charge in [0.15, 0.2) is 0 Å². The standard InChI is InChI=1S/C28H25ClF2N6O5/c29-21-13-18(3-4-22(21)31)34-27-19-14-24(35-28(38)20-12-17(30)2-5-25(20)37(39)40)26(15-23(19)32-16-33-27)42-9-1-6-36-7-10-41-11-8-36/h2-5,12-16H,1,6-11H2,(H,35,38)(H,32,33,34). The van der Waals surface area contributed by atoms with Gasteiger partial charge in [-0.15, -0.1) is 0 Å². The number of ether oxygens (including phenoxy) is 2. The molecule has 3 aromatic carbocycles. The summed E-state index contributed by atoms with van der Waals surface area (Å²) in [6.07, 6.45) is 2.01. The molecule has 218 valence electrons. The summed E-state index contributed by atoms with van der Waals surface area (Å²) in [7, 11) is 0. The lowest BCUT2D eigenvalue weighted by Gasteiger charge is -2.26. The van der Waals surface area contributed by atoms with Crippen LogP contribution in [0.3, 0.4) is 0 Å². The third kappa shape index (κ3) is 6.87. The van der Waals surface area contributed by atoms with Crippen LogP contribution < -0.4 is 15.4 Å². The Hall–Kier alpha value is -4.46. The first-order chi connectivity index (χ1) is 20.3. The highest BCUT2D eigenvalue weighted by Gasteiger charge is 2.23. The number of carbonyl (C=O) groups is 1. The number of nitro groups is 1. The molecule has 1 saturated heterocycles. The van der Waals surface area contributed by atoms with Crippen molar-refractivity contribution in [3.05, 3.63) is 87.2 Å². The average Bonchev–Trinajstić information content (AvgIpc) is 2.98. The monoisotopic (exact) mass is 598 g/mol. The van der Waals surface area contributed by atoms with Gasteiger partial charge in [0.2, 0.25) is 0 Å². The second-order valence-corrected chi connectivity index (χ2v) is 9.78. The van der Waals surface area contributed by atoms with E-state index < -0.39 is 33.7 Å². The summed E-state index contributed by atoms with van der Waals surface area (Å²) in [5.74, 6) is -1.72. The first-order valence-electron chi connectivity index (χ1n) is 13.0. The number of hydrogen-bond donors (Lipinski definition) is 2. The second-order valence-electron chi connectivity index (χ2n) is 9.37. The number of fused-ring (bicyclic) bond motifs is 1. The molecule has 0 radical (unpaired) electrons. The molecule has 11 nitrogen and oxygen atoms in total. The van der Waals surface area contributed by atoms with Crippen molar-refractivity contribution in [3.8, 4) is 5.75 Å². The Balaban J connectivity index is 1.46. The predicted molar refractivity (Wildman–Crippen MR) is 153 cm³/mol. The molecule has 2 N–H and O–H groups in total. The maximum atomic E-state index is 14.0. The SMILES string of the molecule is O=C(Nc1cc2c(Nc3ccc(F)c(Cl)c3)ncnc2cc1OCCCN1CCOCC1)c1cc(F)ccc1[N+](=O)[O-]. The minimum absolute atomic E-state index is 0.0873. The summed E-state index contributed by atoms with van der Waals surface area (Å²) >= 11 is 5.92. The fourth-order valence-electron chi connectivity index (χ4n) is 4.45. The smallest absolute Gasteiger partial charge is 0.282 e. The highest BCUT2D eigenvalue weighted by atomic mass is 35.5. The van der Waals surface area contributed by atoms with E-state index in [9.17, 15) is 23.7 Å². The van der Waals surface area contributed by atoms with E-state index in [4.69, 9.17) is 21.1 Å². The summed E-state index contributed by atoms with van der Waals surface area (Å²) in [5.41, 5.74) is 0.0559. The van der Waals surface area contributed by atoms with Crippen LogP contribution in [0.4, 0.5) is 31.7 Å². The molecule has 42 heavy (non-hydrogen) atoms. The molecule has 0 spiro atoms. The third-order valence-corrected chi connectivity index (χ3v) is 6.84. The highest BCUT2D eigenvalue weighted by molar-refractivity contribution is 6.31. The molecule has 1 aliphatic heterocycles. The van der Waals surface area contributed by atoms with E-state index in [-0.39, 0.29) is 16.5 Å². The maximum Gasteiger partial charge on any atom is 0.282 e. The van der Waals surface area contributed by atoms with E-state index in [1.165, 1.54) is 24.5 Å². The van der Waals surface area contributed by atoms with Gasteiger partial charge in [-0.2, -0.15) is 0 Å². The minimum Gasteiger partial charge on any atom is -0.491 e. The molecule has 2 heterocycles. The maximum absolute atomic E-state index is 14.0. The molecular formula is C28H25ClF2N6O5. The van der Waals surface area contributed by atoms with Gasteiger partial charge >= 0.3 is 0 Å². The second kappa shape index (κ2) is 13.0. The number of anilines is 3. The number of rotatable bonds is 10. The van der Waals surface area contributed by atoms with Crippen molar-refractivity contribution >= 4 is 51.3 Å². The average molecular weight is 599 g/mol. The number of morpholine rings is 1. The molecule has 14 heteroatoms. The molecule has 1 amide bonds. The van der Waals surface area contributed by atoms with Gasteiger partial charge in [-0.05, 0) is 42.8 Å². The molecule has 1 aliphatic rings. The van der Waals surface area contributed by atoms with Crippen molar-refractivity contribution in [3.63, 3.8) is 0 Å². The zero-order valence-electron chi connectivity index (χ0n) is 22.1. The van der Waals surface area contributed by atoms with Crippen LogP contribution in [0.1, 0.15) is 16.8 Å². The van der Waals surface area contributed by atoms with Gasteiger partial charge in [0, 0.05) is 42.8 Å². The summed E-state index contributed by atoms with van der Waals surface area (Å²) in [6, 6.07) is 9.85. The van der Waals surface area contributed by atoms with E-state index in [1.807, 2.05) is 0 Å². The number of benzene rings is 3. The fraction of sp³-hybridized carbons (Fsp3) is 0.250. The number of halogens is 3. The quantitative estimate of drug-likeness (QED) is 0.137. The largest absolute Gasteiger partial charge is 0.491 e. The van der Waals surface area contributed by atoms with E-state index in [0.717, 1.165) is 37.8 Å². The van der Waals surface area contributed by atoms with Gasteiger partial charge in [-0.25, -0.2) is 18.7 Å². The molecule has 0 atom stereocenters. The van der Waals surface area contributed by atoms with E-state index in [0.29, 0.717) is 48.6 Å². The van der Waals surface area contributed by atoms with Crippen LogP contribution in [-0.4, -0.2) is 65.2 Å². The Kier molecular flexibility index (Phi) is 9.00. The first kappa shape index (κ1) is 29.0. The van der Waals surface area contributed by atoms with Crippen molar-refractivity contribution in [1.29, 1.82) is 0 Å². The molecule has 5 rings (SSSR count). The zero-order valence-corrected chi connectivity index (χ0v) is 22.9. The van der Waals surface area contributed by atoms with Crippen LogP contribution in [-0.2, 0) is 4.74 Å². The normalized spacial score (nSPS) is 13.6. The predicted octanol–water partition coefficient (Wildman–Crippen LogP) is 5.57. The first-order valence-corrected chi connectivity index (χ1v) is 13.4. The molecule has 0 saturated carbocycles. The molecule has 0 bridgehead atoms. The van der Waals surface area contributed by atoms with Crippen molar-refractivity contribution in [2.24, 2.45) is 0 Å². The Morgan fingerprint density at radius 2 is 1.93 bits per heavy atom. The summed E-state index contributed by atoms with van der Waals surface area (Å²) in [5, 5.41) is 17.5.